The standard InChI is InChI=1S/C20H23N5O2/c1-13(2)25-19-15(11-22-25)9-16(10-21-19)20(27)24(4)12-18(26)23-17-7-5-14(3)6-8-17/h5-11,13H,12H2,1-4H3,(H,23,26). The number of carbonyl (C=O) groups is 2. The monoisotopic (exact) mass is 365 g/mol. The topological polar surface area (TPSA) is 80.1 Å². The van der Waals surface area contributed by atoms with Gasteiger partial charge in [-0.15, -0.1) is 0 Å². The summed E-state index contributed by atoms with van der Waals surface area (Å²) < 4.78 is 1.81. The fourth-order valence-corrected chi connectivity index (χ4v) is 2.78. The van der Waals surface area contributed by atoms with Crippen molar-refractivity contribution in [1.29, 1.82) is 0 Å². The molecule has 0 fully saturated rings. The molecule has 2 amide bonds. The number of fused-ring (bicyclic) bond motifs is 1. The third-order valence-corrected chi connectivity index (χ3v) is 4.23. The van der Waals surface area contributed by atoms with E-state index >= 15 is 0 Å². The quantitative estimate of drug-likeness (QED) is 0.754. The second kappa shape index (κ2) is 7.57. The third kappa shape index (κ3) is 4.13. The summed E-state index contributed by atoms with van der Waals surface area (Å²) in [5.41, 5.74) is 2.98. The molecule has 0 atom stereocenters. The molecule has 3 rings (SSSR count). The number of rotatable bonds is 5. The number of hydrogen-bond donors (Lipinski definition) is 1. The minimum Gasteiger partial charge on any atom is -0.332 e. The van der Waals surface area contributed by atoms with Crippen LogP contribution in [0.15, 0.2) is 42.7 Å². The van der Waals surface area contributed by atoms with Crippen molar-refractivity contribution in [3.05, 3.63) is 53.9 Å². The van der Waals surface area contributed by atoms with E-state index in [0.29, 0.717) is 11.3 Å². The van der Waals surface area contributed by atoms with E-state index in [1.165, 1.54) is 11.1 Å². The zero-order valence-corrected chi connectivity index (χ0v) is 15.9. The molecule has 0 unspecified atom stereocenters. The first-order valence-corrected chi connectivity index (χ1v) is 8.80. The highest BCUT2D eigenvalue weighted by Gasteiger charge is 2.17. The van der Waals surface area contributed by atoms with Crippen LogP contribution in [-0.2, 0) is 4.79 Å². The molecule has 0 bridgehead atoms. The predicted molar refractivity (Wildman–Crippen MR) is 105 cm³/mol. The van der Waals surface area contributed by atoms with Gasteiger partial charge < -0.3 is 10.2 Å². The Morgan fingerprint density at radius 2 is 1.89 bits per heavy atom. The van der Waals surface area contributed by atoms with Crippen molar-refractivity contribution in [2.24, 2.45) is 0 Å². The first kappa shape index (κ1) is 18.6. The highest BCUT2D eigenvalue weighted by Crippen LogP contribution is 2.17. The van der Waals surface area contributed by atoms with Crippen LogP contribution in [0.5, 0.6) is 0 Å². The molecular formula is C20H23N5O2. The molecule has 0 spiro atoms. The molecule has 7 nitrogen and oxygen atoms in total. The molecule has 2 heterocycles. The van der Waals surface area contributed by atoms with Crippen molar-refractivity contribution in [2.45, 2.75) is 26.8 Å². The van der Waals surface area contributed by atoms with Crippen LogP contribution in [-0.4, -0.2) is 45.1 Å². The van der Waals surface area contributed by atoms with Gasteiger partial charge in [0.1, 0.15) is 0 Å². The predicted octanol–water partition coefficient (Wildman–Crippen LogP) is 3.03. The molecule has 0 aliphatic heterocycles. The Hall–Kier alpha value is -3.22. The van der Waals surface area contributed by atoms with Crippen LogP contribution in [0.25, 0.3) is 11.0 Å². The molecule has 140 valence electrons. The van der Waals surface area contributed by atoms with Crippen LogP contribution in [0.2, 0.25) is 0 Å². The molecule has 2 aromatic heterocycles. The smallest absolute Gasteiger partial charge is 0.255 e. The number of benzene rings is 1. The molecule has 3 aromatic rings. The van der Waals surface area contributed by atoms with E-state index in [1.54, 1.807) is 19.3 Å². The van der Waals surface area contributed by atoms with E-state index in [-0.39, 0.29) is 24.4 Å². The van der Waals surface area contributed by atoms with Gasteiger partial charge in [-0.1, -0.05) is 17.7 Å². The maximum atomic E-state index is 12.6. The number of amides is 2. The maximum Gasteiger partial charge on any atom is 0.255 e. The summed E-state index contributed by atoms with van der Waals surface area (Å²) in [6.07, 6.45) is 3.23. The number of carbonyl (C=O) groups excluding carboxylic acids is 2. The van der Waals surface area contributed by atoms with E-state index in [2.05, 4.69) is 15.4 Å². The number of nitrogens with one attached hydrogen (secondary N) is 1. The molecule has 7 heteroatoms. The molecule has 0 aliphatic carbocycles. The molecule has 1 N–H and O–H groups in total. The number of aryl methyl sites for hydroxylation is 1. The summed E-state index contributed by atoms with van der Waals surface area (Å²) in [6.45, 7) is 5.98. The van der Waals surface area contributed by atoms with E-state index in [0.717, 1.165) is 16.6 Å². The summed E-state index contributed by atoms with van der Waals surface area (Å²) >= 11 is 0. The molecular weight excluding hydrogens is 342 g/mol. The molecule has 0 saturated heterocycles. The van der Waals surface area contributed by atoms with E-state index in [4.69, 9.17) is 0 Å². The molecule has 27 heavy (non-hydrogen) atoms. The summed E-state index contributed by atoms with van der Waals surface area (Å²) in [4.78, 5) is 30.6. The van der Waals surface area contributed by atoms with Crippen LogP contribution in [0.1, 0.15) is 35.8 Å². The maximum absolute atomic E-state index is 12.6. The number of aromatic nitrogens is 3. The highest BCUT2D eigenvalue weighted by atomic mass is 16.2. The number of likely N-dealkylation sites (N-methyl/N-ethyl adjacent to an activating group) is 1. The number of hydrogen-bond acceptors (Lipinski definition) is 4. The zero-order chi connectivity index (χ0) is 19.6. The molecule has 1 aromatic carbocycles. The Labute approximate surface area is 158 Å². The highest BCUT2D eigenvalue weighted by molar-refractivity contribution is 6.00. The fourth-order valence-electron chi connectivity index (χ4n) is 2.78. The molecule has 0 aliphatic rings. The molecule has 0 radical (unpaired) electrons. The second-order valence-electron chi connectivity index (χ2n) is 6.90. The lowest BCUT2D eigenvalue weighted by atomic mass is 10.2. The zero-order valence-electron chi connectivity index (χ0n) is 15.9. The Bertz CT molecular complexity index is 976. The molecule has 0 saturated carbocycles. The Balaban J connectivity index is 1.68. The van der Waals surface area contributed by atoms with Crippen molar-refractivity contribution in [1.82, 2.24) is 19.7 Å². The van der Waals surface area contributed by atoms with Crippen molar-refractivity contribution in [3.8, 4) is 0 Å². The minimum atomic E-state index is -0.263. The van der Waals surface area contributed by atoms with Crippen molar-refractivity contribution in [2.75, 3.05) is 18.9 Å². The first-order chi connectivity index (χ1) is 12.8. The fraction of sp³-hybridized carbons (Fsp3) is 0.300. The van der Waals surface area contributed by atoms with Crippen molar-refractivity contribution < 1.29 is 9.59 Å². The van der Waals surface area contributed by atoms with Gasteiger partial charge in [-0.25, -0.2) is 9.67 Å². The van der Waals surface area contributed by atoms with Crippen molar-refractivity contribution >= 4 is 28.5 Å². The normalized spacial score (nSPS) is 11.0. The van der Waals surface area contributed by atoms with Crippen LogP contribution < -0.4 is 5.32 Å². The Morgan fingerprint density at radius 3 is 2.56 bits per heavy atom. The van der Waals surface area contributed by atoms with Crippen molar-refractivity contribution in [3.63, 3.8) is 0 Å². The Kier molecular flexibility index (Phi) is 5.21. The van der Waals surface area contributed by atoms with E-state index < -0.39 is 0 Å². The SMILES string of the molecule is Cc1ccc(NC(=O)CN(C)C(=O)c2cnc3c(cnn3C(C)C)c2)cc1. The van der Waals surface area contributed by atoms with Gasteiger partial charge in [0.15, 0.2) is 5.65 Å². The average molecular weight is 365 g/mol. The van der Waals surface area contributed by atoms with Gasteiger partial charge in [-0.2, -0.15) is 5.10 Å². The summed E-state index contributed by atoms with van der Waals surface area (Å²) in [6, 6.07) is 9.44. The number of anilines is 1. The van der Waals surface area contributed by atoms with E-state index in [1.807, 2.05) is 49.7 Å². The summed E-state index contributed by atoms with van der Waals surface area (Å²) in [7, 11) is 1.60. The number of pyridine rings is 1. The number of nitrogens with zero attached hydrogens (tertiary/aromatic N) is 4. The van der Waals surface area contributed by atoms with Gasteiger partial charge in [-0.05, 0) is 39.0 Å². The summed E-state index contributed by atoms with van der Waals surface area (Å²) in [5, 5.41) is 7.89. The largest absolute Gasteiger partial charge is 0.332 e. The Morgan fingerprint density at radius 1 is 1.19 bits per heavy atom. The van der Waals surface area contributed by atoms with Gasteiger partial charge in [0.25, 0.3) is 5.91 Å². The lowest BCUT2D eigenvalue weighted by Gasteiger charge is -2.17. The lowest BCUT2D eigenvalue weighted by molar-refractivity contribution is -0.116. The van der Waals surface area contributed by atoms with Gasteiger partial charge in [-0.3, -0.25) is 9.59 Å². The third-order valence-electron chi connectivity index (χ3n) is 4.23. The van der Waals surface area contributed by atoms with Crippen LogP contribution in [0, 0.1) is 6.92 Å². The van der Waals surface area contributed by atoms with Gasteiger partial charge in [0.05, 0.1) is 18.3 Å². The van der Waals surface area contributed by atoms with E-state index in [9.17, 15) is 9.59 Å². The van der Waals surface area contributed by atoms with Crippen LogP contribution in [0.4, 0.5) is 5.69 Å². The van der Waals surface area contributed by atoms with Gasteiger partial charge >= 0.3 is 0 Å². The van der Waals surface area contributed by atoms with Gasteiger partial charge in [0, 0.05) is 30.4 Å². The first-order valence-electron chi connectivity index (χ1n) is 8.80. The lowest BCUT2D eigenvalue weighted by Crippen LogP contribution is -2.35. The van der Waals surface area contributed by atoms with Crippen LogP contribution in [0.3, 0.4) is 0 Å². The minimum absolute atomic E-state index is 0.0456. The summed E-state index contributed by atoms with van der Waals surface area (Å²) in [5.74, 6) is -0.517. The average Bonchev–Trinajstić information content (AvgIpc) is 3.06. The van der Waals surface area contributed by atoms with Gasteiger partial charge in [0.2, 0.25) is 5.91 Å². The van der Waals surface area contributed by atoms with Crippen LogP contribution >= 0.6 is 0 Å². The second-order valence-corrected chi connectivity index (χ2v) is 6.90.